The second kappa shape index (κ2) is 5.82. The predicted molar refractivity (Wildman–Crippen MR) is 58.7 cm³/mol. The van der Waals surface area contributed by atoms with Gasteiger partial charge in [-0.3, -0.25) is 0 Å². The molecular formula is C10H12BrNO3. The molecular weight excluding hydrogens is 262 g/mol. The lowest BCUT2D eigenvalue weighted by Gasteiger charge is -2.12. The number of nitrogens with zero attached hydrogens (tertiary/aromatic N) is 1. The molecule has 0 N–H and O–H groups in total. The Morgan fingerprint density at radius 1 is 1.67 bits per heavy atom. The Balaban J connectivity index is 2.65. The van der Waals surface area contributed by atoms with Gasteiger partial charge in [-0.25, -0.2) is 9.78 Å². The Kier molecular flexibility index (Phi) is 4.71. The van der Waals surface area contributed by atoms with Crippen molar-refractivity contribution in [3.05, 3.63) is 28.5 Å². The van der Waals surface area contributed by atoms with Crippen LogP contribution in [0, 0.1) is 0 Å². The van der Waals surface area contributed by atoms with Gasteiger partial charge >= 0.3 is 5.97 Å². The van der Waals surface area contributed by atoms with E-state index in [0.717, 1.165) is 0 Å². The molecule has 1 aromatic rings. The monoisotopic (exact) mass is 273 g/mol. The van der Waals surface area contributed by atoms with Crippen molar-refractivity contribution in [3.63, 3.8) is 0 Å². The second-order valence-corrected chi connectivity index (χ2v) is 3.76. The third kappa shape index (κ3) is 3.60. The molecule has 1 rings (SSSR count). The summed E-state index contributed by atoms with van der Waals surface area (Å²) in [5.41, 5.74) is 0.417. The average Bonchev–Trinajstić information content (AvgIpc) is 2.18. The maximum Gasteiger partial charge on any atom is 0.341 e. The lowest BCUT2D eigenvalue weighted by atomic mass is 10.3. The van der Waals surface area contributed by atoms with Crippen LogP contribution < -0.4 is 0 Å². The number of carbonyl (C=O) groups excluding carboxylic acids is 1. The first-order chi connectivity index (χ1) is 7.15. The summed E-state index contributed by atoms with van der Waals surface area (Å²) >= 11 is 3.18. The molecule has 0 radical (unpaired) electrons. The average molecular weight is 274 g/mol. The molecule has 0 fully saturated rings. The van der Waals surface area contributed by atoms with Gasteiger partial charge in [0.25, 0.3) is 0 Å². The standard InChI is InChI=1S/C10H12BrNO3/c1-7(6-14-2)15-10(13)8-4-3-5-12-9(8)11/h3-5,7H,6H2,1-2H3. The Labute approximate surface area is 96.7 Å². The van der Waals surface area contributed by atoms with Crippen LogP contribution in [0.4, 0.5) is 0 Å². The van der Waals surface area contributed by atoms with Crippen LogP contribution in [0.1, 0.15) is 17.3 Å². The minimum absolute atomic E-state index is 0.269. The van der Waals surface area contributed by atoms with E-state index in [0.29, 0.717) is 16.8 Å². The van der Waals surface area contributed by atoms with E-state index < -0.39 is 5.97 Å². The molecule has 1 heterocycles. The first-order valence-corrected chi connectivity index (χ1v) is 5.25. The summed E-state index contributed by atoms with van der Waals surface area (Å²) in [7, 11) is 1.56. The zero-order valence-corrected chi connectivity index (χ0v) is 10.2. The Morgan fingerprint density at radius 3 is 3.00 bits per heavy atom. The molecule has 15 heavy (non-hydrogen) atoms. The summed E-state index contributed by atoms with van der Waals surface area (Å²) in [6.07, 6.45) is 1.33. The fraction of sp³-hybridized carbons (Fsp3) is 0.400. The highest BCUT2D eigenvalue weighted by atomic mass is 79.9. The van der Waals surface area contributed by atoms with Gasteiger partial charge in [-0.1, -0.05) is 0 Å². The lowest BCUT2D eigenvalue weighted by molar-refractivity contribution is 0.0119. The van der Waals surface area contributed by atoms with Gasteiger partial charge in [0.05, 0.1) is 12.2 Å². The minimum atomic E-state index is -0.403. The number of aromatic nitrogens is 1. The molecule has 0 aliphatic rings. The molecule has 5 heteroatoms. The van der Waals surface area contributed by atoms with Crippen LogP contribution in [-0.4, -0.2) is 30.8 Å². The molecule has 0 aliphatic carbocycles. The van der Waals surface area contributed by atoms with Crippen molar-refractivity contribution in [1.82, 2.24) is 4.98 Å². The van der Waals surface area contributed by atoms with E-state index >= 15 is 0 Å². The molecule has 0 bridgehead atoms. The number of pyridine rings is 1. The molecule has 1 unspecified atom stereocenters. The lowest BCUT2D eigenvalue weighted by Crippen LogP contribution is -2.20. The second-order valence-electron chi connectivity index (χ2n) is 3.01. The van der Waals surface area contributed by atoms with Crippen molar-refractivity contribution in [2.24, 2.45) is 0 Å². The highest BCUT2D eigenvalue weighted by molar-refractivity contribution is 9.10. The van der Waals surface area contributed by atoms with E-state index in [1.165, 1.54) is 0 Å². The Morgan fingerprint density at radius 2 is 2.40 bits per heavy atom. The zero-order chi connectivity index (χ0) is 11.3. The number of hydrogen-bond donors (Lipinski definition) is 0. The normalized spacial score (nSPS) is 12.2. The SMILES string of the molecule is COCC(C)OC(=O)c1cccnc1Br. The van der Waals surface area contributed by atoms with Crippen molar-refractivity contribution in [2.75, 3.05) is 13.7 Å². The number of carbonyl (C=O) groups is 1. The third-order valence-corrected chi connectivity index (χ3v) is 2.32. The maximum absolute atomic E-state index is 11.6. The molecule has 0 aromatic carbocycles. The van der Waals surface area contributed by atoms with Crippen molar-refractivity contribution in [1.29, 1.82) is 0 Å². The quantitative estimate of drug-likeness (QED) is 0.622. The molecule has 0 spiro atoms. The van der Waals surface area contributed by atoms with Crippen LogP contribution in [0.25, 0.3) is 0 Å². The summed E-state index contributed by atoms with van der Waals surface area (Å²) in [6.45, 7) is 2.15. The van der Waals surface area contributed by atoms with E-state index in [1.807, 2.05) is 0 Å². The summed E-state index contributed by atoms with van der Waals surface area (Å²) in [4.78, 5) is 15.5. The van der Waals surface area contributed by atoms with E-state index in [4.69, 9.17) is 9.47 Å². The molecule has 0 amide bonds. The summed E-state index contributed by atoms with van der Waals surface area (Å²) in [5, 5.41) is 0. The number of ether oxygens (including phenoxy) is 2. The number of halogens is 1. The largest absolute Gasteiger partial charge is 0.457 e. The fourth-order valence-corrected chi connectivity index (χ4v) is 1.47. The van der Waals surface area contributed by atoms with E-state index in [1.54, 1.807) is 32.4 Å². The van der Waals surface area contributed by atoms with Crippen LogP contribution in [-0.2, 0) is 9.47 Å². The van der Waals surface area contributed by atoms with Gasteiger partial charge in [0.1, 0.15) is 10.7 Å². The summed E-state index contributed by atoms with van der Waals surface area (Å²) in [6, 6.07) is 3.33. The van der Waals surface area contributed by atoms with Crippen molar-refractivity contribution < 1.29 is 14.3 Å². The van der Waals surface area contributed by atoms with Gasteiger partial charge in [0.2, 0.25) is 0 Å². The van der Waals surface area contributed by atoms with Crippen LogP contribution in [0.15, 0.2) is 22.9 Å². The molecule has 0 saturated carbocycles. The number of esters is 1. The number of rotatable bonds is 4. The van der Waals surface area contributed by atoms with Gasteiger partial charge in [-0.15, -0.1) is 0 Å². The molecule has 1 aromatic heterocycles. The predicted octanol–water partition coefficient (Wildman–Crippen LogP) is 2.04. The van der Waals surface area contributed by atoms with Crippen molar-refractivity contribution in [2.45, 2.75) is 13.0 Å². The molecule has 0 aliphatic heterocycles. The highest BCUT2D eigenvalue weighted by Crippen LogP contribution is 2.14. The zero-order valence-electron chi connectivity index (χ0n) is 8.57. The third-order valence-electron chi connectivity index (χ3n) is 1.69. The fourth-order valence-electron chi connectivity index (χ4n) is 1.05. The van der Waals surface area contributed by atoms with Gasteiger partial charge in [-0.2, -0.15) is 0 Å². The van der Waals surface area contributed by atoms with Crippen LogP contribution in [0.2, 0.25) is 0 Å². The van der Waals surface area contributed by atoms with Crippen molar-refractivity contribution in [3.8, 4) is 0 Å². The van der Waals surface area contributed by atoms with Gasteiger partial charge in [-0.05, 0) is 35.0 Å². The number of hydrogen-bond acceptors (Lipinski definition) is 4. The first-order valence-electron chi connectivity index (χ1n) is 4.45. The van der Waals surface area contributed by atoms with E-state index in [-0.39, 0.29) is 6.10 Å². The minimum Gasteiger partial charge on any atom is -0.457 e. The van der Waals surface area contributed by atoms with E-state index in [2.05, 4.69) is 20.9 Å². The smallest absolute Gasteiger partial charge is 0.341 e. The molecule has 82 valence electrons. The van der Waals surface area contributed by atoms with Gasteiger partial charge in [0, 0.05) is 13.3 Å². The Bertz CT molecular complexity index is 343. The molecule has 1 atom stereocenters. The topological polar surface area (TPSA) is 48.4 Å². The van der Waals surface area contributed by atoms with Crippen LogP contribution in [0.5, 0.6) is 0 Å². The van der Waals surface area contributed by atoms with Gasteiger partial charge in [0.15, 0.2) is 0 Å². The van der Waals surface area contributed by atoms with Gasteiger partial charge < -0.3 is 9.47 Å². The van der Waals surface area contributed by atoms with Crippen LogP contribution in [0.3, 0.4) is 0 Å². The highest BCUT2D eigenvalue weighted by Gasteiger charge is 2.14. The van der Waals surface area contributed by atoms with Crippen molar-refractivity contribution >= 4 is 21.9 Å². The van der Waals surface area contributed by atoms with Crippen LogP contribution >= 0.6 is 15.9 Å². The molecule has 4 nitrogen and oxygen atoms in total. The maximum atomic E-state index is 11.6. The molecule has 0 saturated heterocycles. The number of methoxy groups -OCH3 is 1. The summed E-state index contributed by atoms with van der Waals surface area (Å²) < 4.78 is 10.5. The Hall–Kier alpha value is -0.940. The van der Waals surface area contributed by atoms with E-state index in [9.17, 15) is 4.79 Å². The first kappa shape index (κ1) is 12.1. The summed E-state index contributed by atoms with van der Waals surface area (Å²) in [5.74, 6) is -0.403.